The number of piperidine rings is 1. The van der Waals surface area contributed by atoms with Gasteiger partial charge in [-0.05, 0) is 67.6 Å². The van der Waals surface area contributed by atoms with Gasteiger partial charge in [-0.1, -0.05) is 20.8 Å². The first-order valence-corrected chi connectivity index (χ1v) is 16.1. The number of likely N-dealkylation sites (tertiary alicyclic amines) is 1. The van der Waals surface area contributed by atoms with Crippen LogP contribution in [0.15, 0.2) is 27.5 Å². The van der Waals surface area contributed by atoms with Crippen LogP contribution < -0.4 is 10.0 Å². The number of ketones is 1. The highest BCUT2D eigenvalue weighted by Gasteiger charge is 2.58. The lowest BCUT2D eigenvalue weighted by Gasteiger charge is -2.56. The Morgan fingerprint density at radius 3 is 2.38 bits per heavy atom. The van der Waals surface area contributed by atoms with E-state index in [0.717, 1.165) is 38.4 Å². The van der Waals surface area contributed by atoms with Crippen molar-refractivity contribution in [3.8, 4) is 0 Å². The molecule has 12 heteroatoms. The number of fused-ring (bicyclic) bond motifs is 3. The molecular formula is C25H34N4O6S2. The lowest BCUT2D eigenvalue weighted by atomic mass is 9.57. The van der Waals surface area contributed by atoms with Gasteiger partial charge in [-0.15, -0.1) is 4.40 Å². The molecule has 2 aliphatic heterocycles. The van der Waals surface area contributed by atoms with Crippen LogP contribution in [0.1, 0.15) is 52.9 Å². The van der Waals surface area contributed by atoms with Gasteiger partial charge < -0.3 is 10.2 Å². The summed E-state index contributed by atoms with van der Waals surface area (Å²) in [5.74, 6) is -1.95. The van der Waals surface area contributed by atoms with Gasteiger partial charge in [0.25, 0.3) is 10.0 Å². The third-order valence-electron chi connectivity index (χ3n) is 8.10. The number of rotatable bonds is 5. The van der Waals surface area contributed by atoms with Gasteiger partial charge in [0.1, 0.15) is 10.7 Å². The average Bonchev–Trinajstić information content (AvgIpc) is 2.78. The van der Waals surface area contributed by atoms with Crippen molar-refractivity contribution in [2.45, 2.75) is 63.8 Å². The summed E-state index contributed by atoms with van der Waals surface area (Å²) in [6.07, 6.45) is 5.64. The summed E-state index contributed by atoms with van der Waals surface area (Å²) in [6.45, 7) is 6.83. The number of carbonyl (C=O) groups is 2. The van der Waals surface area contributed by atoms with E-state index in [1.165, 1.54) is 18.2 Å². The van der Waals surface area contributed by atoms with E-state index in [1.807, 2.05) is 4.90 Å². The van der Waals surface area contributed by atoms with Crippen LogP contribution in [0.4, 0.5) is 11.4 Å². The highest BCUT2D eigenvalue weighted by Crippen LogP contribution is 2.51. The SMILES string of the molecule is CC(C)(C)CCN1C(=O)C(C2=NS(=O)(=O)c3cc(NS(C)(=O)=O)ccc3N2)C(=O)[C@@H]2C3CCC(CC3)[C@@H]21. The third-order valence-corrected chi connectivity index (χ3v) is 10.0. The summed E-state index contributed by atoms with van der Waals surface area (Å²) in [6, 6.07) is 3.87. The van der Waals surface area contributed by atoms with Gasteiger partial charge in [0.2, 0.25) is 15.9 Å². The van der Waals surface area contributed by atoms with E-state index in [-0.39, 0.29) is 63.0 Å². The summed E-state index contributed by atoms with van der Waals surface area (Å²) < 4.78 is 55.7. The lowest BCUT2D eigenvalue weighted by Crippen LogP contribution is -2.66. The Morgan fingerprint density at radius 1 is 1.11 bits per heavy atom. The van der Waals surface area contributed by atoms with Gasteiger partial charge in [0.15, 0.2) is 11.7 Å². The topological polar surface area (TPSA) is 142 Å². The molecule has 1 aromatic carbocycles. The van der Waals surface area contributed by atoms with Crippen LogP contribution in [-0.4, -0.2) is 58.1 Å². The van der Waals surface area contributed by atoms with Gasteiger partial charge in [-0.25, -0.2) is 8.42 Å². The number of anilines is 2. The van der Waals surface area contributed by atoms with Crippen LogP contribution in [0.25, 0.3) is 0 Å². The molecule has 5 aliphatic rings. The van der Waals surface area contributed by atoms with Crippen molar-refractivity contribution in [3.63, 3.8) is 0 Å². The van der Waals surface area contributed by atoms with Gasteiger partial charge >= 0.3 is 0 Å². The second-order valence-corrected chi connectivity index (χ2v) is 15.4. The van der Waals surface area contributed by atoms with Crippen molar-refractivity contribution in [1.82, 2.24) is 4.90 Å². The number of hydrogen-bond acceptors (Lipinski definition) is 7. The number of benzene rings is 1. The minimum absolute atomic E-state index is 0.0129. The number of sulfonamides is 2. The van der Waals surface area contributed by atoms with Crippen molar-refractivity contribution < 1.29 is 26.4 Å². The minimum Gasteiger partial charge on any atom is -0.341 e. The molecule has 0 spiro atoms. The molecule has 2 bridgehead atoms. The van der Waals surface area contributed by atoms with Crippen molar-refractivity contribution >= 4 is 48.9 Å². The standard InChI is InChI=1S/C25H34N4O6S2/c1-25(2,3)11-12-29-21-15-7-5-14(6-8-15)19(21)22(30)20(24(29)31)23-26-17-10-9-16(27-36(4,32)33)13-18(17)37(34,35)28-23/h9-10,13-15,19-21,27H,5-8,11-12H2,1-4H3,(H,26,28)/t14?,15?,19-,20?,21+/m1/s1. The number of nitrogens with one attached hydrogen (secondary N) is 2. The fraction of sp³-hybridized carbons (Fsp3) is 0.640. The Balaban J connectivity index is 1.52. The second kappa shape index (κ2) is 8.79. The van der Waals surface area contributed by atoms with E-state index in [0.29, 0.717) is 6.54 Å². The van der Waals surface area contributed by atoms with Crippen LogP contribution in [0.3, 0.4) is 0 Å². The first-order chi connectivity index (χ1) is 17.1. The van der Waals surface area contributed by atoms with Crippen LogP contribution in [0.5, 0.6) is 0 Å². The molecule has 1 amide bonds. The smallest absolute Gasteiger partial charge is 0.286 e. The minimum atomic E-state index is -4.29. The fourth-order valence-corrected chi connectivity index (χ4v) is 8.18. The quantitative estimate of drug-likeness (QED) is 0.537. The maximum atomic E-state index is 13.9. The zero-order valence-corrected chi connectivity index (χ0v) is 23.2. The zero-order chi connectivity index (χ0) is 26.9. The Labute approximate surface area is 218 Å². The van der Waals surface area contributed by atoms with Crippen LogP contribution in [-0.2, 0) is 29.6 Å². The molecular weight excluding hydrogens is 516 g/mol. The lowest BCUT2D eigenvalue weighted by molar-refractivity contribution is -0.161. The molecule has 1 aromatic rings. The molecule has 6 rings (SSSR count). The Bertz CT molecular complexity index is 1390. The maximum absolute atomic E-state index is 13.9. The molecule has 202 valence electrons. The van der Waals surface area contributed by atoms with Crippen LogP contribution in [0, 0.1) is 29.1 Å². The van der Waals surface area contributed by atoms with E-state index >= 15 is 0 Å². The fourth-order valence-electron chi connectivity index (χ4n) is 6.44. The summed E-state index contributed by atoms with van der Waals surface area (Å²) in [5.41, 5.74) is 0.212. The molecule has 1 unspecified atom stereocenters. The number of nitrogens with zero attached hydrogens (tertiary/aromatic N) is 2. The largest absolute Gasteiger partial charge is 0.341 e. The molecule has 2 heterocycles. The third kappa shape index (κ3) is 4.89. The maximum Gasteiger partial charge on any atom is 0.286 e. The Hall–Kier alpha value is -2.47. The Kier molecular flexibility index (Phi) is 6.21. The van der Waals surface area contributed by atoms with Crippen molar-refractivity contribution in [1.29, 1.82) is 0 Å². The van der Waals surface area contributed by atoms with Gasteiger partial charge in [0.05, 0.1) is 11.9 Å². The molecule has 3 aliphatic carbocycles. The molecule has 4 fully saturated rings. The zero-order valence-electron chi connectivity index (χ0n) is 21.5. The van der Waals surface area contributed by atoms with Crippen molar-refractivity contribution in [2.24, 2.45) is 33.5 Å². The van der Waals surface area contributed by atoms with E-state index in [1.54, 1.807) is 0 Å². The number of amidine groups is 1. The summed E-state index contributed by atoms with van der Waals surface area (Å²) in [5, 5.41) is 2.93. The molecule has 2 N–H and O–H groups in total. The van der Waals surface area contributed by atoms with Crippen molar-refractivity contribution in [3.05, 3.63) is 18.2 Å². The highest BCUT2D eigenvalue weighted by atomic mass is 32.2. The van der Waals surface area contributed by atoms with E-state index in [4.69, 9.17) is 0 Å². The molecule has 1 saturated heterocycles. The van der Waals surface area contributed by atoms with Crippen molar-refractivity contribution in [2.75, 3.05) is 22.8 Å². The highest BCUT2D eigenvalue weighted by molar-refractivity contribution is 7.92. The summed E-state index contributed by atoms with van der Waals surface area (Å²) in [7, 11) is -7.91. The van der Waals surface area contributed by atoms with Gasteiger partial charge in [-0.2, -0.15) is 8.42 Å². The average molecular weight is 551 g/mol. The normalized spacial score (nSPS) is 30.8. The summed E-state index contributed by atoms with van der Waals surface area (Å²) in [4.78, 5) is 29.5. The van der Waals surface area contributed by atoms with Gasteiger partial charge in [0, 0.05) is 24.2 Å². The molecule has 0 radical (unpaired) electrons. The number of carbonyl (C=O) groups excluding carboxylic acids is 2. The Morgan fingerprint density at radius 2 is 1.76 bits per heavy atom. The molecule has 37 heavy (non-hydrogen) atoms. The molecule has 3 atom stereocenters. The number of Topliss-reactive ketones (excluding diaryl/α,β-unsaturated/α-hetero) is 1. The van der Waals surface area contributed by atoms with Gasteiger partial charge in [-0.3, -0.25) is 14.3 Å². The van der Waals surface area contributed by atoms with Crippen LogP contribution >= 0.6 is 0 Å². The van der Waals surface area contributed by atoms with E-state index in [2.05, 4.69) is 35.2 Å². The van der Waals surface area contributed by atoms with Crippen LogP contribution in [0.2, 0.25) is 0 Å². The van der Waals surface area contributed by atoms with E-state index in [9.17, 15) is 26.4 Å². The molecule has 0 aromatic heterocycles. The molecule has 3 saturated carbocycles. The predicted molar refractivity (Wildman–Crippen MR) is 140 cm³/mol. The number of hydrogen-bond donors (Lipinski definition) is 2. The summed E-state index contributed by atoms with van der Waals surface area (Å²) >= 11 is 0. The molecule has 10 nitrogen and oxygen atoms in total. The first kappa shape index (κ1) is 26.1. The number of amides is 1. The predicted octanol–water partition coefficient (Wildman–Crippen LogP) is 2.84. The monoisotopic (exact) mass is 550 g/mol. The second-order valence-electron chi connectivity index (χ2n) is 12.0. The van der Waals surface area contributed by atoms with E-state index < -0.39 is 26.0 Å². The first-order valence-electron chi connectivity index (χ1n) is 12.7.